The molecule has 2 bridgehead atoms. The summed E-state index contributed by atoms with van der Waals surface area (Å²) in [5.41, 5.74) is -0.589. The molecule has 0 aromatic heterocycles. The monoisotopic (exact) mass is 562 g/mol. The number of alkyl halides is 3. The minimum absolute atomic E-state index is 0.133. The van der Waals surface area contributed by atoms with Crippen LogP contribution in [-0.4, -0.2) is 82.5 Å². The highest BCUT2D eigenvalue weighted by Crippen LogP contribution is 2.39. The van der Waals surface area contributed by atoms with Crippen LogP contribution in [0.25, 0.3) is 0 Å². The fraction of sp³-hybridized carbons (Fsp3) is 0.900. The van der Waals surface area contributed by atoms with Gasteiger partial charge in [0.05, 0.1) is 0 Å². The molecule has 34 heavy (non-hydrogen) atoms. The molecule has 3 rings (SSSR count). The number of nitrogens with one attached hydrogen (secondary N) is 2. The fourth-order valence-corrected chi connectivity index (χ4v) is 7.06. The van der Waals surface area contributed by atoms with Crippen LogP contribution in [0.3, 0.4) is 0 Å². The van der Waals surface area contributed by atoms with Gasteiger partial charge < -0.3 is 20.1 Å². The molecule has 2 N–H and O–H groups in total. The van der Waals surface area contributed by atoms with Gasteiger partial charge in [-0.1, -0.05) is 34.8 Å². The summed E-state index contributed by atoms with van der Waals surface area (Å²) in [5, 5.41) is 5.59. The Bertz CT molecular complexity index is 841. The normalized spacial score (nSPS) is 27.3. The van der Waals surface area contributed by atoms with Crippen LogP contribution in [0.1, 0.15) is 59.3 Å². The third kappa shape index (κ3) is 7.64. The summed E-state index contributed by atoms with van der Waals surface area (Å²) in [6.45, 7) is 5.65. The first-order valence-corrected chi connectivity index (χ1v) is 14.0. The maximum absolute atomic E-state index is 13.4. The third-order valence-corrected chi connectivity index (χ3v) is 8.60. The summed E-state index contributed by atoms with van der Waals surface area (Å²) in [4.78, 5) is 24.0. The minimum Gasteiger partial charge on any atom is -0.445 e. The first-order chi connectivity index (χ1) is 15.6. The number of carbonyl (C=O) groups excluding carboxylic acids is 2. The second-order valence-electron chi connectivity index (χ2n) is 10.0. The van der Waals surface area contributed by atoms with Crippen molar-refractivity contribution in [1.29, 1.82) is 0 Å². The van der Waals surface area contributed by atoms with Gasteiger partial charge in [-0.2, -0.15) is 17.0 Å². The van der Waals surface area contributed by atoms with Crippen LogP contribution < -0.4 is 10.6 Å². The molecular formula is C20H33Cl3N4O6S. The largest absolute Gasteiger partial charge is 0.445 e. The Hall–Kier alpha value is -0.720. The maximum atomic E-state index is 13.4. The van der Waals surface area contributed by atoms with Gasteiger partial charge in [0.1, 0.15) is 12.2 Å². The molecule has 14 heteroatoms. The van der Waals surface area contributed by atoms with Crippen LogP contribution in [0.15, 0.2) is 0 Å². The van der Waals surface area contributed by atoms with Gasteiger partial charge in [-0.25, -0.2) is 9.59 Å². The van der Waals surface area contributed by atoms with Crippen LogP contribution >= 0.6 is 34.8 Å². The van der Waals surface area contributed by atoms with Gasteiger partial charge in [-0.05, 0) is 59.3 Å². The molecule has 3 aliphatic rings. The molecule has 3 heterocycles. The van der Waals surface area contributed by atoms with E-state index >= 15 is 0 Å². The second kappa shape index (κ2) is 10.7. The van der Waals surface area contributed by atoms with Crippen LogP contribution in [0.2, 0.25) is 0 Å². The summed E-state index contributed by atoms with van der Waals surface area (Å²) in [5.74, 6) is 0. The topological polar surface area (TPSA) is 117 Å². The highest BCUT2D eigenvalue weighted by atomic mass is 35.6. The number of rotatable bonds is 5. The van der Waals surface area contributed by atoms with Crippen molar-refractivity contribution in [3.63, 3.8) is 0 Å². The number of piperidine rings is 2. The van der Waals surface area contributed by atoms with Gasteiger partial charge in [-0.3, -0.25) is 0 Å². The minimum atomic E-state index is -3.66. The zero-order valence-corrected chi connectivity index (χ0v) is 22.6. The molecule has 2 amide bonds. The molecule has 10 nitrogen and oxygen atoms in total. The zero-order chi connectivity index (χ0) is 25.3. The number of alkyl carbamates (subject to hydrolysis) is 2. The van der Waals surface area contributed by atoms with Crippen molar-refractivity contribution in [2.45, 2.75) is 92.9 Å². The average Bonchev–Trinajstić information content (AvgIpc) is 2.97. The maximum Gasteiger partial charge on any atom is 0.407 e. The Morgan fingerprint density at radius 2 is 1.44 bits per heavy atom. The van der Waals surface area contributed by atoms with Gasteiger partial charge in [0.15, 0.2) is 0 Å². The van der Waals surface area contributed by atoms with Gasteiger partial charge in [0.2, 0.25) is 3.79 Å². The van der Waals surface area contributed by atoms with Crippen molar-refractivity contribution in [3.8, 4) is 0 Å². The van der Waals surface area contributed by atoms with Gasteiger partial charge in [0.25, 0.3) is 10.2 Å². The van der Waals surface area contributed by atoms with E-state index in [0.29, 0.717) is 38.8 Å². The summed E-state index contributed by atoms with van der Waals surface area (Å²) in [6.07, 6.45) is 2.32. The highest BCUT2D eigenvalue weighted by molar-refractivity contribution is 7.86. The number of halogens is 3. The molecule has 3 aliphatic heterocycles. The summed E-state index contributed by atoms with van der Waals surface area (Å²) < 4.78 is 38.5. The van der Waals surface area contributed by atoms with Crippen molar-refractivity contribution in [1.82, 2.24) is 19.2 Å². The first-order valence-electron chi connectivity index (χ1n) is 11.4. The molecule has 3 atom stereocenters. The third-order valence-electron chi connectivity index (χ3n) is 6.12. The van der Waals surface area contributed by atoms with Crippen molar-refractivity contribution in [2.24, 2.45) is 0 Å². The molecular weight excluding hydrogens is 531 g/mol. The number of ether oxygens (including phenoxy) is 2. The average molecular weight is 564 g/mol. The Morgan fingerprint density at radius 3 is 1.94 bits per heavy atom. The van der Waals surface area contributed by atoms with E-state index in [-0.39, 0.29) is 30.8 Å². The summed E-state index contributed by atoms with van der Waals surface area (Å²) >= 11 is 16.8. The molecule has 3 fully saturated rings. The fourth-order valence-electron chi connectivity index (χ4n) is 4.82. The molecule has 196 valence electrons. The van der Waals surface area contributed by atoms with Crippen LogP contribution in [0.4, 0.5) is 9.59 Å². The second-order valence-corrected chi connectivity index (χ2v) is 14.4. The van der Waals surface area contributed by atoms with Crippen LogP contribution in [-0.2, 0) is 19.7 Å². The summed E-state index contributed by atoms with van der Waals surface area (Å²) in [6, 6.07) is -0.734. The van der Waals surface area contributed by atoms with E-state index in [9.17, 15) is 18.0 Å². The van der Waals surface area contributed by atoms with E-state index in [1.165, 1.54) is 4.31 Å². The van der Waals surface area contributed by atoms with Gasteiger partial charge in [0, 0.05) is 37.3 Å². The van der Waals surface area contributed by atoms with E-state index in [1.807, 2.05) is 0 Å². The lowest BCUT2D eigenvalue weighted by Crippen LogP contribution is -2.58. The molecule has 0 aromatic rings. The van der Waals surface area contributed by atoms with E-state index in [2.05, 4.69) is 10.6 Å². The quantitative estimate of drug-likeness (QED) is 0.496. The van der Waals surface area contributed by atoms with E-state index in [1.54, 1.807) is 25.1 Å². The Morgan fingerprint density at radius 1 is 0.912 bits per heavy atom. The molecule has 0 aromatic carbocycles. The number of hydrogen-bond acceptors (Lipinski definition) is 6. The lowest BCUT2D eigenvalue weighted by atomic mass is 10.00. The number of carbonyl (C=O) groups is 2. The molecule has 0 unspecified atom stereocenters. The highest BCUT2D eigenvalue weighted by Gasteiger charge is 2.49. The Balaban J connectivity index is 1.51. The lowest BCUT2D eigenvalue weighted by molar-refractivity contribution is 0.0489. The van der Waals surface area contributed by atoms with Crippen molar-refractivity contribution < 1.29 is 27.5 Å². The smallest absolute Gasteiger partial charge is 0.407 e. The Labute approximate surface area is 216 Å². The number of hydrogen-bond donors (Lipinski definition) is 2. The molecule has 0 saturated carbocycles. The first kappa shape index (κ1) is 27.9. The van der Waals surface area contributed by atoms with Gasteiger partial charge >= 0.3 is 12.2 Å². The van der Waals surface area contributed by atoms with E-state index < -0.39 is 31.8 Å². The predicted molar refractivity (Wildman–Crippen MR) is 129 cm³/mol. The number of nitrogens with zero attached hydrogens (tertiary/aromatic N) is 2. The van der Waals surface area contributed by atoms with Crippen molar-refractivity contribution in [2.75, 3.05) is 19.7 Å². The van der Waals surface area contributed by atoms with Crippen LogP contribution in [0, 0.1) is 0 Å². The lowest BCUT2D eigenvalue weighted by Gasteiger charge is -2.42. The SMILES string of the molecule is CC(C)(C)OC(=O)NC1CCN(S(=O)(=O)N2[C@@H]3CC[C@H]2C[C@H](NC(=O)OCC(Cl)(Cl)Cl)C3)CC1. The predicted octanol–water partition coefficient (Wildman–Crippen LogP) is 3.31. The number of fused-ring (bicyclic) bond motifs is 2. The van der Waals surface area contributed by atoms with Crippen molar-refractivity contribution in [3.05, 3.63) is 0 Å². The van der Waals surface area contributed by atoms with Crippen LogP contribution in [0.5, 0.6) is 0 Å². The molecule has 0 spiro atoms. The van der Waals surface area contributed by atoms with Crippen molar-refractivity contribution >= 4 is 57.2 Å². The van der Waals surface area contributed by atoms with E-state index in [4.69, 9.17) is 44.3 Å². The van der Waals surface area contributed by atoms with Gasteiger partial charge in [-0.15, -0.1) is 0 Å². The molecule has 0 aliphatic carbocycles. The number of amides is 2. The summed E-state index contributed by atoms with van der Waals surface area (Å²) in [7, 11) is -3.66. The van der Waals surface area contributed by atoms with E-state index in [0.717, 1.165) is 12.8 Å². The zero-order valence-electron chi connectivity index (χ0n) is 19.6. The standard InChI is InChI=1S/C20H33Cl3N4O6S/c1-19(2,3)33-18(29)24-13-6-8-26(9-7-13)34(30,31)27-15-4-5-16(27)11-14(10-15)25-17(28)32-12-20(21,22)23/h13-16H,4-12H2,1-3H3,(H,24,29)(H,25,28)/t14-,15-,16+. The molecule has 0 radical (unpaired) electrons. The Kier molecular flexibility index (Phi) is 8.78. The molecule has 3 saturated heterocycles.